The number of nitrogens with one attached hydrogen (secondary N) is 1. The van der Waals surface area contributed by atoms with Gasteiger partial charge in [-0.3, -0.25) is 9.63 Å². The van der Waals surface area contributed by atoms with E-state index in [0.717, 1.165) is 0 Å². The Balaban J connectivity index is 2.81. The van der Waals surface area contributed by atoms with Crippen molar-refractivity contribution in [1.82, 2.24) is 4.89 Å². The van der Waals surface area contributed by atoms with E-state index < -0.39 is 27.2 Å². The zero-order valence-corrected chi connectivity index (χ0v) is 9.54. The fourth-order valence-electron chi connectivity index (χ4n) is 1.90. The van der Waals surface area contributed by atoms with Gasteiger partial charge in [-0.1, -0.05) is 11.3 Å². The van der Waals surface area contributed by atoms with Gasteiger partial charge in [-0.15, -0.1) is 0 Å². The highest BCUT2D eigenvalue weighted by molar-refractivity contribution is 7.90. The van der Waals surface area contributed by atoms with Crippen LogP contribution in [0.25, 0.3) is 0 Å². The van der Waals surface area contributed by atoms with Crippen LogP contribution in [0, 0.1) is 5.92 Å². The van der Waals surface area contributed by atoms with Gasteiger partial charge in [0.1, 0.15) is 0 Å². The second kappa shape index (κ2) is 4.91. The minimum absolute atomic E-state index is 0.457. The minimum Gasteiger partial charge on any atom is -0.469 e. The molecular weight excluding hydrogens is 222 g/mol. The molecule has 88 valence electrons. The summed E-state index contributed by atoms with van der Waals surface area (Å²) < 4.78 is 27.8. The molecule has 1 aliphatic rings. The molecule has 0 aromatic rings. The number of hydrogen-bond acceptors (Lipinski definition) is 5. The molecule has 6 nitrogen and oxygen atoms in total. The van der Waals surface area contributed by atoms with E-state index in [0.29, 0.717) is 19.3 Å². The molecule has 0 radical (unpaired) electrons. The number of esters is 1. The van der Waals surface area contributed by atoms with Crippen LogP contribution in [0.2, 0.25) is 0 Å². The molecule has 2 atom stereocenters. The fourth-order valence-corrected chi connectivity index (χ4v) is 3.41. The van der Waals surface area contributed by atoms with Crippen LogP contribution in [0.15, 0.2) is 0 Å². The van der Waals surface area contributed by atoms with Crippen LogP contribution in [-0.2, 0) is 24.4 Å². The van der Waals surface area contributed by atoms with Crippen molar-refractivity contribution in [3.05, 3.63) is 0 Å². The quantitative estimate of drug-likeness (QED) is 0.541. The van der Waals surface area contributed by atoms with Crippen molar-refractivity contribution in [2.45, 2.75) is 24.5 Å². The molecule has 0 heterocycles. The summed E-state index contributed by atoms with van der Waals surface area (Å²) in [7, 11) is -1.11. The van der Waals surface area contributed by atoms with Gasteiger partial charge >= 0.3 is 5.97 Å². The summed E-state index contributed by atoms with van der Waals surface area (Å²) in [5, 5.41) is -0.745. The normalized spacial score (nSPS) is 26.5. The molecule has 0 aliphatic heterocycles. The molecule has 0 spiro atoms. The Kier molecular flexibility index (Phi) is 4.06. The fraction of sp³-hybridized carbons (Fsp3) is 0.875. The van der Waals surface area contributed by atoms with Gasteiger partial charge in [0.05, 0.1) is 25.4 Å². The average Bonchev–Trinajstić information content (AvgIpc) is 2.65. The standard InChI is InChI=1S/C8H15NO5S/c1-13-8(10)6-4-3-5-7(6)15(11,12)9-14-2/h6-7,9H,3-5H2,1-2H3. The summed E-state index contributed by atoms with van der Waals surface area (Å²) in [5.41, 5.74) is 0. The molecule has 0 bridgehead atoms. The van der Waals surface area contributed by atoms with Gasteiger partial charge in [0.25, 0.3) is 0 Å². The third kappa shape index (κ3) is 2.67. The monoisotopic (exact) mass is 237 g/mol. The second-order valence-corrected chi connectivity index (χ2v) is 5.29. The van der Waals surface area contributed by atoms with Gasteiger partial charge in [-0.05, 0) is 12.8 Å². The Hall–Kier alpha value is -0.660. The number of methoxy groups -OCH3 is 1. The van der Waals surface area contributed by atoms with Crippen LogP contribution in [0.1, 0.15) is 19.3 Å². The zero-order chi connectivity index (χ0) is 11.5. The van der Waals surface area contributed by atoms with E-state index >= 15 is 0 Å². The van der Waals surface area contributed by atoms with E-state index in [2.05, 4.69) is 9.57 Å². The minimum atomic E-state index is -3.59. The van der Waals surface area contributed by atoms with Crippen LogP contribution >= 0.6 is 0 Å². The lowest BCUT2D eigenvalue weighted by Gasteiger charge is -2.17. The highest BCUT2D eigenvalue weighted by Crippen LogP contribution is 2.31. The molecule has 1 fully saturated rings. The van der Waals surface area contributed by atoms with Crippen molar-refractivity contribution in [2.75, 3.05) is 14.2 Å². The Bertz CT molecular complexity index is 326. The van der Waals surface area contributed by atoms with E-state index in [-0.39, 0.29) is 0 Å². The third-order valence-electron chi connectivity index (χ3n) is 2.55. The van der Waals surface area contributed by atoms with Gasteiger partial charge < -0.3 is 4.74 Å². The largest absolute Gasteiger partial charge is 0.469 e. The first-order valence-corrected chi connectivity index (χ1v) is 6.19. The molecule has 15 heavy (non-hydrogen) atoms. The number of hydrogen-bond donors (Lipinski definition) is 1. The van der Waals surface area contributed by atoms with Crippen molar-refractivity contribution in [2.24, 2.45) is 5.92 Å². The van der Waals surface area contributed by atoms with Crippen LogP contribution < -0.4 is 4.89 Å². The average molecular weight is 237 g/mol. The summed E-state index contributed by atoms with van der Waals surface area (Å²) in [6, 6.07) is 0. The molecular formula is C8H15NO5S. The van der Waals surface area contributed by atoms with Crippen LogP contribution in [0.4, 0.5) is 0 Å². The molecule has 7 heteroatoms. The number of carbonyl (C=O) groups is 1. The van der Waals surface area contributed by atoms with Gasteiger partial charge in [-0.2, -0.15) is 0 Å². The van der Waals surface area contributed by atoms with E-state index in [1.807, 2.05) is 4.89 Å². The Morgan fingerprint density at radius 1 is 1.33 bits per heavy atom. The van der Waals surface area contributed by atoms with E-state index in [9.17, 15) is 13.2 Å². The number of rotatable bonds is 4. The van der Waals surface area contributed by atoms with E-state index in [1.165, 1.54) is 14.2 Å². The topological polar surface area (TPSA) is 81.7 Å². The third-order valence-corrected chi connectivity index (χ3v) is 4.31. The van der Waals surface area contributed by atoms with Gasteiger partial charge in [0.15, 0.2) is 0 Å². The Labute approximate surface area is 88.9 Å². The lowest BCUT2D eigenvalue weighted by atomic mass is 10.1. The molecule has 0 aromatic heterocycles. The molecule has 1 N–H and O–H groups in total. The summed E-state index contributed by atoms with van der Waals surface area (Å²) in [6.07, 6.45) is 1.70. The van der Waals surface area contributed by atoms with Crippen molar-refractivity contribution < 1.29 is 22.8 Å². The molecule has 1 rings (SSSR count). The Morgan fingerprint density at radius 2 is 2.00 bits per heavy atom. The van der Waals surface area contributed by atoms with E-state index in [1.54, 1.807) is 0 Å². The lowest BCUT2D eigenvalue weighted by molar-refractivity contribution is -0.145. The van der Waals surface area contributed by atoms with Crippen LogP contribution in [-0.4, -0.2) is 33.9 Å². The maximum Gasteiger partial charge on any atom is 0.310 e. The van der Waals surface area contributed by atoms with Crippen molar-refractivity contribution in [3.8, 4) is 0 Å². The first kappa shape index (κ1) is 12.4. The number of ether oxygens (including phenoxy) is 1. The van der Waals surface area contributed by atoms with Gasteiger partial charge in [0, 0.05) is 0 Å². The zero-order valence-electron chi connectivity index (χ0n) is 8.73. The van der Waals surface area contributed by atoms with Gasteiger partial charge in [0.2, 0.25) is 10.0 Å². The second-order valence-electron chi connectivity index (χ2n) is 3.43. The van der Waals surface area contributed by atoms with E-state index in [4.69, 9.17) is 0 Å². The maximum absolute atomic E-state index is 11.6. The first-order chi connectivity index (χ1) is 7.03. The summed E-state index contributed by atoms with van der Waals surface area (Å²) >= 11 is 0. The van der Waals surface area contributed by atoms with Crippen molar-refractivity contribution in [3.63, 3.8) is 0 Å². The van der Waals surface area contributed by atoms with Crippen molar-refractivity contribution >= 4 is 16.0 Å². The molecule has 0 aromatic carbocycles. The van der Waals surface area contributed by atoms with Crippen molar-refractivity contribution in [1.29, 1.82) is 0 Å². The molecule has 1 aliphatic carbocycles. The first-order valence-electron chi connectivity index (χ1n) is 4.64. The van der Waals surface area contributed by atoms with Gasteiger partial charge in [-0.25, -0.2) is 8.42 Å². The Morgan fingerprint density at radius 3 is 2.53 bits per heavy atom. The SMILES string of the molecule is CONS(=O)(=O)C1CCCC1C(=O)OC. The smallest absolute Gasteiger partial charge is 0.310 e. The molecule has 0 amide bonds. The summed E-state index contributed by atoms with van der Waals surface area (Å²) in [6.45, 7) is 0. The predicted octanol–water partition coefficient (Wildman–Crippen LogP) is -0.191. The molecule has 1 saturated carbocycles. The predicted molar refractivity (Wildman–Crippen MR) is 52.2 cm³/mol. The maximum atomic E-state index is 11.6. The van der Waals surface area contributed by atoms with Crippen LogP contribution in [0.3, 0.4) is 0 Å². The highest BCUT2D eigenvalue weighted by atomic mass is 32.2. The number of carbonyl (C=O) groups excluding carboxylic acids is 1. The lowest BCUT2D eigenvalue weighted by Crippen LogP contribution is -2.39. The number of sulfonamides is 1. The highest BCUT2D eigenvalue weighted by Gasteiger charge is 2.42. The van der Waals surface area contributed by atoms with Crippen LogP contribution in [0.5, 0.6) is 0 Å². The molecule has 2 unspecified atom stereocenters. The molecule has 0 saturated heterocycles. The summed E-state index contributed by atoms with van der Waals surface area (Å²) in [4.78, 5) is 17.6. The summed E-state index contributed by atoms with van der Waals surface area (Å²) in [5.74, 6) is -1.05.